The third-order valence-electron chi connectivity index (χ3n) is 7.02. The van der Waals surface area contributed by atoms with Crippen molar-refractivity contribution in [2.45, 2.75) is 50.7 Å². The van der Waals surface area contributed by atoms with E-state index in [-0.39, 0.29) is 34.8 Å². The van der Waals surface area contributed by atoms with Crippen LogP contribution >= 0.6 is 0 Å². The van der Waals surface area contributed by atoms with Crippen molar-refractivity contribution < 1.29 is 36.6 Å². The van der Waals surface area contributed by atoms with Crippen LogP contribution in [0.15, 0.2) is 71.6 Å². The molecule has 12 heteroatoms. The summed E-state index contributed by atoms with van der Waals surface area (Å²) in [6, 6.07) is 14.7. The number of hydrogen-bond donors (Lipinski definition) is 1. The summed E-state index contributed by atoms with van der Waals surface area (Å²) < 4.78 is 58.5. The number of methoxy groups -OCH3 is 3. The summed E-state index contributed by atoms with van der Waals surface area (Å²) in [5.41, 5.74) is 0.763. The molecular formula is C31H38FN3O7S. The normalized spacial score (nSPS) is 12.5. The highest BCUT2D eigenvalue weighted by Crippen LogP contribution is 2.32. The Morgan fingerprint density at radius 1 is 0.884 bits per heavy atom. The molecule has 0 spiro atoms. The highest BCUT2D eigenvalue weighted by atomic mass is 32.2. The predicted octanol–water partition coefficient (Wildman–Crippen LogP) is 4.38. The highest BCUT2D eigenvalue weighted by molar-refractivity contribution is 7.92. The lowest BCUT2D eigenvalue weighted by molar-refractivity contribution is -0.139. The molecule has 3 aromatic rings. The van der Waals surface area contributed by atoms with Gasteiger partial charge in [-0.3, -0.25) is 13.9 Å². The zero-order valence-electron chi connectivity index (χ0n) is 25.2. The molecule has 232 valence electrons. The lowest BCUT2D eigenvalue weighted by atomic mass is 10.1. The smallest absolute Gasteiger partial charge is 0.264 e. The van der Waals surface area contributed by atoms with E-state index in [1.54, 1.807) is 31.2 Å². The van der Waals surface area contributed by atoms with Gasteiger partial charge in [-0.05, 0) is 74.4 Å². The van der Waals surface area contributed by atoms with Crippen LogP contribution in [0.25, 0.3) is 0 Å². The van der Waals surface area contributed by atoms with E-state index in [0.29, 0.717) is 23.5 Å². The Morgan fingerprint density at radius 3 is 2.07 bits per heavy atom. The molecule has 0 aromatic heterocycles. The van der Waals surface area contributed by atoms with Gasteiger partial charge in [0, 0.05) is 18.7 Å². The number of carbonyl (C=O) groups is 2. The van der Waals surface area contributed by atoms with Gasteiger partial charge >= 0.3 is 0 Å². The Kier molecular flexibility index (Phi) is 11.4. The fraction of sp³-hybridized carbons (Fsp3) is 0.355. The van der Waals surface area contributed by atoms with Gasteiger partial charge in [-0.1, -0.05) is 19.1 Å². The van der Waals surface area contributed by atoms with E-state index in [4.69, 9.17) is 14.2 Å². The number of sulfonamides is 1. The average molecular weight is 616 g/mol. The van der Waals surface area contributed by atoms with Crippen molar-refractivity contribution in [1.29, 1.82) is 0 Å². The third-order valence-corrected chi connectivity index (χ3v) is 8.79. The van der Waals surface area contributed by atoms with Crippen LogP contribution < -0.4 is 23.8 Å². The van der Waals surface area contributed by atoms with Gasteiger partial charge in [0.1, 0.15) is 24.2 Å². The van der Waals surface area contributed by atoms with Crippen molar-refractivity contribution in [3.63, 3.8) is 0 Å². The van der Waals surface area contributed by atoms with E-state index in [2.05, 4.69) is 5.32 Å². The van der Waals surface area contributed by atoms with Crippen LogP contribution in [0.5, 0.6) is 17.2 Å². The van der Waals surface area contributed by atoms with Gasteiger partial charge in [-0.25, -0.2) is 12.8 Å². The molecule has 0 aliphatic heterocycles. The Balaban J connectivity index is 2.06. The molecule has 2 atom stereocenters. The minimum atomic E-state index is -4.39. The van der Waals surface area contributed by atoms with Crippen molar-refractivity contribution in [3.8, 4) is 17.2 Å². The van der Waals surface area contributed by atoms with Crippen LogP contribution in [-0.2, 0) is 26.2 Å². The summed E-state index contributed by atoms with van der Waals surface area (Å²) in [6.45, 7) is 4.72. The topological polar surface area (TPSA) is 114 Å². The Hall–Kier alpha value is -4.32. The van der Waals surface area contributed by atoms with E-state index in [9.17, 15) is 22.4 Å². The summed E-state index contributed by atoms with van der Waals surface area (Å²) >= 11 is 0. The van der Waals surface area contributed by atoms with Gasteiger partial charge in [-0.2, -0.15) is 0 Å². The number of hydrogen-bond acceptors (Lipinski definition) is 7. The molecule has 0 saturated carbocycles. The SMILES string of the molecule is CC[C@@H](C)NC(=O)[C@H](C)N(Cc1ccc(OC)cc1)C(=O)CN(c1ccc(F)cc1)S(=O)(=O)c1ccc(OC)c(OC)c1. The van der Waals surface area contributed by atoms with Crippen molar-refractivity contribution in [3.05, 3.63) is 78.1 Å². The van der Waals surface area contributed by atoms with Crippen LogP contribution in [0.1, 0.15) is 32.8 Å². The zero-order valence-corrected chi connectivity index (χ0v) is 26.0. The monoisotopic (exact) mass is 615 g/mol. The summed E-state index contributed by atoms with van der Waals surface area (Å²) in [5, 5.41) is 2.89. The number of anilines is 1. The lowest BCUT2D eigenvalue weighted by Crippen LogP contribution is -2.52. The largest absolute Gasteiger partial charge is 0.497 e. The quantitative estimate of drug-likeness (QED) is 0.286. The van der Waals surface area contributed by atoms with Gasteiger partial charge < -0.3 is 24.4 Å². The molecule has 10 nitrogen and oxygen atoms in total. The zero-order chi connectivity index (χ0) is 31.7. The van der Waals surface area contributed by atoms with E-state index in [0.717, 1.165) is 16.4 Å². The van der Waals surface area contributed by atoms with Crippen LogP contribution in [0.4, 0.5) is 10.1 Å². The number of amides is 2. The second-order valence-corrected chi connectivity index (χ2v) is 11.7. The van der Waals surface area contributed by atoms with E-state index in [1.165, 1.54) is 56.6 Å². The average Bonchev–Trinajstić information content (AvgIpc) is 3.02. The molecule has 3 rings (SSSR count). The minimum absolute atomic E-state index is 0.0194. The van der Waals surface area contributed by atoms with Crippen molar-refractivity contribution >= 4 is 27.5 Å². The Bertz CT molecular complexity index is 1500. The number of benzene rings is 3. The number of carbonyl (C=O) groups excluding carboxylic acids is 2. The fourth-order valence-electron chi connectivity index (χ4n) is 4.22. The minimum Gasteiger partial charge on any atom is -0.497 e. The second-order valence-electron chi connectivity index (χ2n) is 9.87. The molecule has 3 aromatic carbocycles. The maximum atomic E-state index is 14.0. The first kappa shape index (κ1) is 33.2. The van der Waals surface area contributed by atoms with Gasteiger partial charge in [-0.15, -0.1) is 0 Å². The third kappa shape index (κ3) is 8.16. The number of rotatable bonds is 14. The molecular weight excluding hydrogens is 577 g/mol. The van der Waals surface area contributed by atoms with Crippen molar-refractivity contribution in [1.82, 2.24) is 10.2 Å². The lowest BCUT2D eigenvalue weighted by Gasteiger charge is -2.32. The van der Waals surface area contributed by atoms with Gasteiger partial charge in [0.05, 0.1) is 31.9 Å². The molecule has 0 aliphatic rings. The van der Waals surface area contributed by atoms with Crippen molar-refractivity contribution in [2.24, 2.45) is 0 Å². The highest BCUT2D eigenvalue weighted by Gasteiger charge is 2.33. The molecule has 0 saturated heterocycles. The molecule has 0 unspecified atom stereocenters. The molecule has 0 fully saturated rings. The number of halogens is 1. The van der Waals surface area contributed by atoms with Crippen molar-refractivity contribution in [2.75, 3.05) is 32.2 Å². The maximum absolute atomic E-state index is 14.0. The van der Waals surface area contributed by atoms with Gasteiger partial charge in [0.25, 0.3) is 10.0 Å². The van der Waals surface area contributed by atoms with Gasteiger partial charge in [0.2, 0.25) is 11.8 Å². The molecule has 0 heterocycles. The molecule has 2 amide bonds. The Morgan fingerprint density at radius 2 is 1.51 bits per heavy atom. The predicted molar refractivity (Wildman–Crippen MR) is 161 cm³/mol. The van der Waals surface area contributed by atoms with Crippen LogP contribution in [0, 0.1) is 5.82 Å². The number of ether oxygens (including phenoxy) is 3. The maximum Gasteiger partial charge on any atom is 0.264 e. The van der Waals surface area contributed by atoms with Crippen LogP contribution in [-0.4, -0.2) is 65.1 Å². The first-order valence-corrected chi connectivity index (χ1v) is 15.1. The summed E-state index contributed by atoms with van der Waals surface area (Å²) in [4.78, 5) is 28.3. The van der Waals surface area contributed by atoms with E-state index >= 15 is 0 Å². The summed E-state index contributed by atoms with van der Waals surface area (Å²) in [5.74, 6) is -0.492. The van der Waals surface area contributed by atoms with Crippen LogP contribution in [0.3, 0.4) is 0 Å². The second kappa shape index (κ2) is 14.7. The molecule has 0 bridgehead atoms. The fourth-order valence-corrected chi connectivity index (χ4v) is 5.65. The number of nitrogens with zero attached hydrogens (tertiary/aromatic N) is 2. The summed E-state index contributed by atoms with van der Waals surface area (Å²) in [7, 11) is -0.0609. The molecule has 0 aliphatic carbocycles. The molecule has 0 radical (unpaired) electrons. The van der Waals surface area contributed by atoms with Crippen LogP contribution in [0.2, 0.25) is 0 Å². The number of nitrogens with one attached hydrogen (secondary N) is 1. The van der Waals surface area contributed by atoms with E-state index in [1.807, 2.05) is 13.8 Å². The Labute approximate surface area is 252 Å². The molecule has 1 N–H and O–H groups in total. The summed E-state index contributed by atoms with van der Waals surface area (Å²) in [6.07, 6.45) is 0.687. The van der Waals surface area contributed by atoms with Gasteiger partial charge in [0.15, 0.2) is 11.5 Å². The standard InChI is InChI=1S/C31H38FN3O7S/c1-7-21(2)33-31(37)22(3)34(19-23-8-14-26(40-4)15-9-23)30(36)20-35(25-12-10-24(32)11-13-25)43(38,39)27-16-17-28(41-5)29(18-27)42-6/h8-18,21-22H,7,19-20H2,1-6H3,(H,33,37)/t21-,22+/m1/s1. The first-order chi connectivity index (χ1) is 20.4. The molecule has 43 heavy (non-hydrogen) atoms. The first-order valence-electron chi connectivity index (χ1n) is 13.7. The van der Waals surface area contributed by atoms with E-state index < -0.39 is 34.3 Å².